The number of hydrogen-bond donors (Lipinski definition) is 2. The number of hydrogen-bond acceptors (Lipinski definition) is 4. The monoisotopic (exact) mass is 538 g/mol. The Bertz CT molecular complexity index is 782. The van der Waals surface area contributed by atoms with Crippen molar-refractivity contribution >= 4 is 35.6 Å². The number of nitrogens with one attached hydrogen (secondary N) is 1. The van der Waals surface area contributed by atoms with E-state index in [1.807, 2.05) is 38.4 Å². The highest BCUT2D eigenvalue weighted by Crippen LogP contribution is 2.23. The third kappa shape index (κ3) is 10.5. The van der Waals surface area contributed by atoms with Gasteiger partial charge in [-0.2, -0.15) is 0 Å². The van der Waals surface area contributed by atoms with Gasteiger partial charge in [0, 0.05) is 12.2 Å². The maximum atomic E-state index is 12.2. The maximum absolute atomic E-state index is 12.2. The minimum Gasteiger partial charge on any atom is -0.494 e. The van der Waals surface area contributed by atoms with E-state index in [2.05, 4.69) is 19.9 Å². The number of alkyl halides is 3. The Morgan fingerprint density at radius 1 is 1.03 bits per heavy atom. The van der Waals surface area contributed by atoms with Crippen molar-refractivity contribution in [3.8, 4) is 11.5 Å². The zero-order valence-electron chi connectivity index (χ0n) is 16.8. The Labute approximate surface area is 191 Å². The van der Waals surface area contributed by atoms with Crippen LogP contribution in [0.15, 0.2) is 53.5 Å². The van der Waals surface area contributed by atoms with Crippen molar-refractivity contribution < 1.29 is 22.6 Å². The summed E-state index contributed by atoms with van der Waals surface area (Å²) in [5, 5.41) is 2.82. The summed E-state index contributed by atoms with van der Waals surface area (Å²) in [5.41, 5.74) is 7.28. The van der Waals surface area contributed by atoms with Crippen molar-refractivity contribution in [2.45, 2.75) is 19.3 Å². The molecule has 30 heavy (non-hydrogen) atoms. The molecule has 0 unspecified atom stereocenters. The van der Waals surface area contributed by atoms with Gasteiger partial charge in [-0.05, 0) is 62.5 Å². The molecule has 0 radical (unpaired) electrons. The van der Waals surface area contributed by atoms with Crippen LogP contribution >= 0.6 is 24.0 Å². The lowest BCUT2D eigenvalue weighted by atomic mass is 10.2. The van der Waals surface area contributed by atoms with Crippen molar-refractivity contribution in [1.29, 1.82) is 0 Å². The average molecular weight is 538 g/mol. The van der Waals surface area contributed by atoms with Gasteiger partial charge in [-0.15, -0.1) is 37.1 Å². The fourth-order valence-electron chi connectivity index (χ4n) is 2.37. The topological polar surface area (TPSA) is 72.1 Å². The van der Waals surface area contributed by atoms with E-state index < -0.39 is 6.36 Å². The molecule has 166 valence electrons. The minimum absolute atomic E-state index is 0. The van der Waals surface area contributed by atoms with E-state index in [9.17, 15) is 13.2 Å². The van der Waals surface area contributed by atoms with Gasteiger partial charge in [0.05, 0.1) is 13.2 Å². The Morgan fingerprint density at radius 3 is 2.20 bits per heavy atom. The van der Waals surface area contributed by atoms with Gasteiger partial charge >= 0.3 is 6.36 Å². The van der Waals surface area contributed by atoms with Crippen molar-refractivity contribution in [3.63, 3.8) is 0 Å². The Kier molecular flexibility index (Phi) is 10.7. The van der Waals surface area contributed by atoms with Gasteiger partial charge < -0.3 is 25.4 Å². The molecule has 0 amide bonds. The molecular weight excluding hydrogens is 512 g/mol. The highest BCUT2D eigenvalue weighted by Gasteiger charge is 2.30. The van der Waals surface area contributed by atoms with Crippen molar-refractivity contribution in [2.75, 3.05) is 32.6 Å². The predicted octanol–water partition coefficient (Wildman–Crippen LogP) is 4.46. The zero-order valence-corrected chi connectivity index (χ0v) is 19.1. The molecule has 0 saturated heterocycles. The summed E-state index contributed by atoms with van der Waals surface area (Å²) in [5.74, 6) is 0.643. The van der Waals surface area contributed by atoms with Gasteiger partial charge in [0.25, 0.3) is 0 Å². The number of benzene rings is 2. The van der Waals surface area contributed by atoms with Crippen LogP contribution in [0.25, 0.3) is 0 Å². The summed E-state index contributed by atoms with van der Waals surface area (Å²) in [6, 6.07) is 12.8. The molecule has 2 aromatic carbocycles. The molecule has 0 heterocycles. The second-order valence-electron chi connectivity index (χ2n) is 6.55. The van der Waals surface area contributed by atoms with E-state index in [-0.39, 0.29) is 35.7 Å². The number of nitrogens with two attached hydrogens (primary N) is 1. The van der Waals surface area contributed by atoms with Crippen LogP contribution in [-0.4, -0.2) is 44.5 Å². The fraction of sp³-hybridized carbons (Fsp3) is 0.350. The number of anilines is 1. The number of aliphatic imine (C=N–C) groups is 1. The highest BCUT2D eigenvalue weighted by molar-refractivity contribution is 14.0. The molecule has 10 heteroatoms. The third-order valence-corrected chi connectivity index (χ3v) is 3.73. The van der Waals surface area contributed by atoms with Crippen molar-refractivity contribution in [3.05, 3.63) is 54.1 Å². The normalized spacial score (nSPS) is 11.7. The van der Waals surface area contributed by atoms with Crippen molar-refractivity contribution in [1.82, 2.24) is 4.90 Å². The molecular formula is C20H26F3IN4O2. The second-order valence-corrected chi connectivity index (χ2v) is 6.55. The molecule has 2 aromatic rings. The lowest BCUT2D eigenvalue weighted by Crippen LogP contribution is -2.22. The first-order valence-corrected chi connectivity index (χ1v) is 9.00. The lowest BCUT2D eigenvalue weighted by molar-refractivity contribution is -0.274. The Hall–Kier alpha value is -2.21. The zero-order chi connectivity index (χ0) is 21.3. The highest BCUT2D eigenvalue weighted by atomic mass is 127. The van der Waals surface area contributed by atoms with Gasteiger partial charge in [0.2, 0.25) is 0 Å². The summed E-state index contributed by atoms with van der Waals surface area (Å²) in [7, 11) is 4.04. The number of halogens is 4. The molecule has 0 aliphatic carbocycles. The number of rotatable bonds is 9. The van der Waals surface area contributed by atoms with E-state index in [1.165, 1.54) is 24.3 Å². The first kappa shape index (κ1) is 25.8. The van der Waals surface area contributed by atoms with E-state index in [4.69, 9.17) is 10.5 Å². The molecule has 0 fully saturated rings. The molecule has 0 atom stereocenters. The first-order chi connectivity index (χ1) is 13.7. The van der Waals surface area contributed by atoms with Gasteiger partial charge in [0.15, 0.2) is 5.96 Å². The molecule has 0 spiro atoms. The van der Waals surface area contributed by atoms with Gasteiger partial charge in [0.1, 0.15) is 11.5 Å². The van der Waals surface area contributed by atoms with E-state index in [1.54, 1.807) is 0 Å². The van der Waals surface area contributed by atoms with Crippen molar-refractivity contribution in [2.24, 2.45) is 10.7 Å². The summed E-state index contributed by atoms with van der Waals surface area (Å²) < 4.78 is 46.0. The fourth-order valence-corrected chi connectivity index (χ4v) is 2.37. The largest absolute Gasteiger partial charge is 0.573 e. The quantitative estimate of drug-likeness (QED) is 0.214. The van der Waals surface area contributed by atoms with E-state index >= 15 is 0 Å². The summed E-state index contributed by atoms with van der Waals surface area (Å²) in [4.78, 5) is 6.33. The maximum Gasteiger partial charge on any atom is 0.573 e. The van der Waals surface area contributed by atoms with Crippen LogP contribution in [0.5, 0.6) is 11.5 Å². The van der Waals surface area contributed by atoms with Gasteiger partial charge in [-0.3, -0.25) is 0 Å². The summed E-state index contributed by atoms with van der Waals surface area (Å²) >= 11 is 0. The number of nitrogens with zero attached hydrogens (tertiary/aromatic N) is 2. The van der Waals surface area contributed by atoms with Crippen LogP contribution in [0.2, 0.25) is 0 Å². The number of ether oxygens (including phenoxy) is 2. The molecule has 2 rings (SSSR count). The van der Waals surface area contributed by atoms with Crippen LogP contribution in [0, 0.1) is 0 Å². The smallest absolute Gasteiger partial charge is 0.494 e. The second kappa shape index (κ2) is 12.5. The molecule has 0 bridgehead atoms. The van der Waals surface area contributed by atoms with Crippen LogP contribution in [0.1, 0.15) is 12.0 Å². The molecule has 0 aromatic heterocycles. The minimum atomic E-state index is -4.72. The lowest BCUT2D eigenvalue weighted by Gasteiger charge is -2.11. The van der Waals surface area contributed by atoms with Crippen LogP contribution < -0.4 is 20.5 Å². The number of guanidine groups is 1. The van der Waals surface area contributed by atoms with Crippen LogP contribution in [0.4, 0.5) is 18.9 Å². The molecule has 0 aliphatic heterocycles. The Balaban J connectivity index is 0.00000450. The summed E-state index contributed by atoms with van der Waals surface area (Å²) in [6.45, 7) is 1.98. The van der Waals surface area contributed by atoms with E-state index in [0.29, 0.717) is 18.8 Å². The Morgan fingerprint density at radius 2 is 1.63 bits per heavy atom. The van der Waals surface area contributed by atoms with Crippen LogP contribution in [0.3, 0.4) is 0 Å². The van der Waals surface area contributed by atoms with Gasteiger partial charge in [-0.1, -0.05) is 12.1 Å². The predicted molar refractivity (Wildman–Crippen MR) is 123 cm³/mol. The van der Waals surface area contributed by atoms with Crippen LogP contribution in [-0.2, 0) is 6.54 Å². The molecule has 0 saturated carbocycles. The summed E-state index contributed by atoms with van der Waals surface area (Å²) in [6.07, 6.45) is -3.77. The van der Waals surface area contributed by atoms with Gasteiger partial charge in [-0.25, -0.2) is 4.99 Å². The average Bonchev–Trinajstić information content (AvgIpc) is 2.65. The SMILES string of the molecule is CN(C)CCCOc1ccc(CN=C(N)Nc2ccc(OC(F)(F)F)cc2)cc1.I. The third-order valence-electron chi connectivity index (χ3n) is 3.73. The van der Waals surface area contributed by atoms with E-state index in [0.717, 1.165) is 24.3 Å². The standard InChI is InChI=1S/C20H25F3N4O2.HI/c1-27(2)12-3-13-28-17-8-4-15(5-9-17)14-25-19(24)26-16-6-10-18(11-7-16)29-20(21,22)23;/h4-11H,3,12-14H2,1-2H3,(H3,24,25,26);1H. The molecule has 6 nitrogen and oxygen atoms in total. The molecule has 0 aliphatic rings. The molecule has 3 N–H and O–H groups in total. The first-order valence-electron chi connectivity index (χ1n) is 9.00.